The fourth-order valence-electron chi connectivity index (χ4n) is 2.93. The zero-order valence-electron chi connectivity index (χ0n) is 14.7. The number of aryl methyl sites for hydroxylation is 2. The van der Waals surface area contributed by atoms with Gasteiger partial charge in [-0.05, 0) is 19.8 Å². The highest BCUT2D eigenvalue weighted by molar-refractivity contribution is 5.28. The van der Waals surface area contributed by atoms with Crippen molar-refractivity contribution in [3.63, 3.8) is 0 Å². The normalized spacial score (nSPS) is 10.9. The molecule has 0 unspecified atom stereocenters. The topological polar surface area (TPSA) is 42.1 Å². The van der Waals surface area contributed by atoms with Gasteiger partial charge >= 0.3 is 0 Å². The van der Waals surface area contributed by atoms with Crippen LogP contribution in [0.2, 0.25) is 0 Å². The van der Waals surface area contributed by atoms with E-state index < -0.39 is 0 Å². The summed E-state index contributed by atoms with van der Waals surface area (Å²) in [4.78, 5) is 15.1. The van der Waals surface area contributed by atoms with Gasteiger partial charge in [-0.15, -0.1) is 0 Å². The zero-order valence-corrected chi connectivity index (χ0v) is 14.7. The van der Waals surface area contributed by atoms with Crippen molar-refractivity contribution in [2.45, 2.75) is 84.5 Å². The Bertz CT molecular complexity index is 465. The minimum atomic E-state index is -0.0131. The molecule has 1 N–H and O–H groups in total. The molecule has 0 radical (unpaired) electrons. The van der Waals surface area contributed by atoms with Crippen LogP contribution in [-0.4, -0.2) is 12.1 Å². The summed E-state index contributed by atoms with van der Waals surface area (Å²) < 4.78 is 5.09. The first kappa shape index (κ1) is 18.8. The van der Waals surface area contributed by atoms with Crippen LogP contribution in [0, 0.1) is 6.92 Å². The van der Waals surface area contributed by atoms with Crippen molar-refractivity contribution in [3.05, 3.63) is 27.7 Å². The molecule has 1 aromatic rings. The highest BCUT2D eigenvalue weighted by Crippen LogP contribution is 2.13. The van der Waals surface area contributed by atoms with Gasteiger partial charge in [0.15, 0.2) is 5.75 Å². The second kappa shape index (κ2) is 11.3. The highest BCUT2D eigenvalue weighted by atomic mass is 16.5. The number of hydrogen-bond acceptors (Lipinski definition) is 2. The molecule has 1 heterocycles. The van der Waals surface area contributed by atoms with Gasteiger partial charge in [-0.2, -0.15) is 0 Å². The Morgan fingerprint density at radius 3 is 2.00 bits per heavy atom. The first-order valence-electron chi connectivity index (χ1n) is 8.95. The van der Waals surface area contributed by atoms with Gasteiger partial charge in [-0.3, -0.25) is 4.79 Å². The molecule has 3 nitrogen and oxygen atoms in total. The number of aromatic nitrogens is 1. The summed E-state index contributed by atoms with van der Waals surface area (Å²) in [5.41, 5.74) is 1.85. The van der Waals surface area contributed by atoms with Gasteiger partial charge < -0.3 is 9.72 Å². The largest absolute Gasteiger partial charge is 0.491 e. The Labute approximate surface area is 135 Å². The molecule has 0 aromatic carbocycles. The van der Waals surface area contributed by atoms with E-state index in [9.17, 15) is 4.79 Å². The van der Waals surface area contributed by atoms with Crippen molar-refractivity contribution in [2.75, 3.05) is 7.11 Å². The van der Waals surface area contributed by atoms with E-state index in [1.54, 1.807) is 13.2 Å². The van der Waals surface area contributed by atoms with Gasteiger partial charge in [-0.1, -0.05) is 64.7 Å². The summed E-state index contributed by atoms with van der Waals surface area (Å²) in [5.74, 6) is 0.437. The molecular weight excluding hydrogens is 274 g/mol. The molecule has 126 valence electrons. The van der Waals surface area contributed by atoms with Gasteiger partial charge in [0.25, 0.3) is 0 Å². The smallest absolute Gasteiger partial charge is 0.223 e. The predicted molar refractivity (Wildman–Crippen MR) is 93.9 cm³/mol. The second-order valence-electron chi connectivity index (χ2n) is 6.25. The minimum absolute atomic E-state index is 0.0131. The van der Waals surface area contributed by atoms with E-state index in [1.165, 1.54) is 57.8 Å². The number of aromatic amines is 1. The molecule has 0 atom stereocenters. The van der Waals surface area contributed by atoms with E-state index in [0.717, 1.165) is 24.2 Å². The van der Waals surface area contributed by atoms with Crippen LogP contribution in [0.5, 0.6) is 5.75 Å². The standard InChI is InChI=1S/C19H33NO2/c1-4-5-6-7-8-9-10-11-12-13-14-17-15-18(21)19(22-3)16(2)20-17/h15H,4-14H2,1-3H3,(H,20,21). The first-order chi connectivity index (χ1) is 10.7. The lowest BCUT2D eigenvalue weighted by Gasteiger charge is -2.07. The van der Waals surface area contributed by atoms with Gasteiger partial charge in [0.05, 0.1) is 12.8 Å². The Morgan fingerprint density at radius 2 is 1.50 bits per heavy atom. The van der Waals surface area contributed by atoms with Crippen LogP contribution in [0.25, 0.3) is 0 Å². The molecule has 0 aliphatic rings. The Morgan fingerprint density at radius 1 is 0.955 bits per heavy atom. The number of nitrogens with one attached hydrogen (secondary N) is 1. The van der Waals surface area contributed by atoms with Crippen molar-refractivity contribution >= 4 is 0 Å². The van der Waals surface area contributed by atoms with Crippen LogP contribution in [0.4, 0.5) is 0 Å². The number of ether oxygens (including phenoxy) is 1. The van der Waals surface area contributed by atoms with E-state index in [-0.39, 0.29) is 5.43 Å². The first-order valence-corrected chi connectivity index (χ1v) is 8.95. The molecule has 0 fully saturated rings. The predicted octanol–water partition coefficient (Wildman–Crippen LogP) is 5.16. The summed E-state index contributed by atoms with van der Waals surface area (Å²) in [6, 6.07) is 1.68. The van der Waals surface area contributed by atoms with Crippen LogP contribution < -0.4 is 10.2 Å². The minimum Gasteiger partial charge on any atom is -0.491 e. The molecule has 22 heavy (non-hydrogen) atoms. The van der Waals surface area contributed by atoms with Crippen molar-refractivity contribution in [1.29, 1.82) is 0 Å². The maximum atomic E-state index is 11.8. The van der Waals surface area contributed by atoms with Crippen molar-refractivity contribution < 1.29 is 4.74 Å². The Kier molecular flexibility index (Phi) is 9.69. The molecule has 1 rings (SSSR count). The molecule has 3 heteroatoms. The van der Waals surface area contributed by atoms with E-state index in [2.05, 4.69) is 11.9 Å². The molecule has 0 aliphatic carbocycles. The lowest BCUT2D eigenvalue weighted by molar-refractivity contribution is 0.404. The van der Waals surface area contributed by atoms with Crippen molar-refractivity contribution in [2.24, 2.45) is 0 Å². The van der Waals surface area contributed by atoms with Crippen LogP contribution >= 0.6 is 0 Å². The molecule has 0 amide bonds. The fraction of sp³-hybridized carbons (Fsp3) is 0.737. The number of H-pyrrole nitrogens is 1. The molecular formula is C19H33NO2. The molecule has 0 aliphatic heterocycles. The summed E-state index contributed by atoms with van der Waals surface area (Å²) >= 11 is 0. The van der Waals surface area contributed by atoms with Crippen molar-refractivity contribution in [3.8, 4) is 5.75 Å². The number of methoxy groups -OCH3 is 1. The third kappa shape index (κ3) is 7.15. The third-order valence-electron chi connectivity index (χ3n) is 4.22. The summed E-state index contributed by atoms with van der Waals surface area (Å²) in [6.45, 7) is 4.15. The van der Waals surface area contributed by atoms with E-state index in [0.29, 0.717) is 5.75 Å². The molecule has 0 saturated heterocycles. The maximum Gasteiger partial charge on any atom is 0.223 e. The van der Waals surface area contributed by atoms with E-state index >= 15 is 0 Å². The summed E-state index contributed by atoms with van der Waals surface area (Å²) in [6.07, 6.45) is 14.3. The van der Waals surface area contributed by atoms with Crippen molar-refractivity contribution in [1.82, 2.24) is 4.98 Å². The SMILES string of the molecule is CCCCCCCCCCCCc1cc(=O)c(OC)c(C)[nH]1. The van der Waals surface area contributed by atoms with Crippen LogP contribution in [0.1, 0.15) is 82.5 Å². The van der Waals surface area contributed by atoms with Gasteiger partial charge in [0.2, 0.25) is 5.43 Å². The summed E-state index contributed by atoms with van der Waals surface area (Å²) in [5, 5.41) is 0. The van der Waals surface area contributed by atoms with Gasteiger partial charge in [0.1, 0.15) is 0 Å². The number of rotatable bonds is 12. The average molecular weight is 307 g/mol. The summed E-state index contributed by atoms with van der Waals surface area (Å²) in [7, 11) is 1.54. The lowest BCUT2D eigenvalue weighted by atomic mass is 10.0. The lowest BCUT2D eigenvalue weighted by Crippen LogP contribution is -2.10. The molecule has 0 bridgehead atoms. The van der Waals surface area contributed by atoms with E-state index in [1.807, 2.05) is 6.92 Å². The monoisotopic (exact) mass is 307 g/mol. The van der Waals surface area contributed by atoms with E-state index in [4.69, 9.17) is 4.74 Å². The highest BCUT2D eigenvalue weighted by Gasteiger charge is 2.05. The van der Waals surface area contributed by atoms with Crippen LogP contribution in [0.15, 0.2) is 10.9 Å². The second-order valence-corrected chi connectivity index (χ2v) is 6.25. The molecule has 0 spiro atoms. The van der Waals surface area contributed by atoms with Crippen LogP contribution in [0.3, 0.4) is 0 Å². The van der Waals surface area contributed by atoms with Gasteiger partial charge in [0, 0.05) is 11.8 Å². The van der Waals surface area contributed by atoms with Gasteiger partial charge in [-0.25, -0.2) is 0 Å². The Hall–Kier alpha value is -1.25. The average Bonchev–Trinajstić information content (AvgIpc) is 2.49. The molecule has 1 aromatic heterocycles. The zero-order chi connectivity index (χ0) is 16.2. The number of pyridine rings is 1. The maximum absolute atomic E-state index is 11.8. The number of unbranched alkanes of at least 4 members (excludes halogenated alkanes) is 9. The van der Waals surface area contributed by atoms with Crippen LogP contribution in [-0.2, 0) is 6.42 Å². The fourth-order valence-corrected chi connectivity index (χ4v) is 2.93. The third-order valence-corrected chi connectivity index (χ3v) is 4.22. The molecule has 0 saturated carbocycles. The number of hydrogen-bond donors (Lipinski definition) is 1. The quantitative estimate of drug-likeness (QED) is 0.542. The Balaban J connectivity index is 2.11.